The summed E-state index contributed by atoms with van der Waals surface area (Å²) in [6.45, 7) is 17.8. The Morgan fingerprint density at radius 2 is 1.65 bits per heavy atom. The SMILES string of the molecule is CC(C)(C)[Si](C)(C)OC1CCCC2=C1c1ccc(OCc3ccccc3[N+](=O)[O-])cc1N(C(=O)Oc1ccccc1)C2C#CC=CC#C[Si](C)(C)C. The second kappa shape index (κ2) is 15.8. The van der Waals surface area contributed by atoms with E-state index in [2.05, 4.69) is 76.8 Å². The first-order valence-electron chi connectivity index (χ1n) is 17.7. The third-order valence-electron chi connectivity index (χ3n) is 9.58. The van der Waals surface area contributed by atoms with Gasteiger partial charge in [0.2, 0.25) is 0 Å². The Morgan fingerprint density at radius 3 is 2.35 bits per heavy atom. The molecule has 2 atom stereocenters. The van der Waals surface area contributed by atoms with Crippen molar-refractivity contribution in [1.29, 1.82) is 0 Å². The minimum atomic E-state index is -2.21. The van der Waals surface area contributed by atoms with Crippen molar-refractivity contribution in [1.82, 2.24) is 0 Å². The molecule has 8 nitrogen and oxygen atoms in total. The van der Waals surface area contributed by atoms with E-state index in [4.69, 9.17) is 13.9 Å². The second-order valence-electron chi connectivity index (χ2n) is 15.6. The van der Waals surface area contributed by atoms with E-state index in [1.54, 1.807) is 47.4 Å². The molecule has 3 aromatic carbocycles. The molecule has 1 aliphatic heterocycles. The molecule has 0 fully saturated rings. The first kappa shape index (κ1) is 38.4. The molecule has 0 N–H and O–H groups in total. The van der Waals surface area contributed by atoms with Gasteiger partial charge in [0.05, 0.1) is 22.3 Å². The lowest BCUT2D eigenvalue weighted by molar-refractivity contribution is -0.385. The van der Waals surface area contributed by atoms with Gasteiger partial charge in [0.15, 0.2) is 8.32 Å². The smallest absolute Gasteiger partial charge is 0.421 e. The van der Waals surface area contributed by atoms with E-state index in [1.807, 2.05) is 36.4 Å². The number of amides is 1. The molecule has 0 bridgehead atoms. The molecule has 52 heavy (non-hydrogen) atoms. The zero-order chi connectivity index (χ0) is 37.7. The van der Waals surface area contributed by atoms with Gasteiger partial charge in [-0.05, 0) is 91.0 Å². The summed E-state index contributed by atoms with van der Waals surface area (Å²) in [5.74, 6) is 10.6. The molecular formula is C42H48N2O6Si2. The molecule has 10 heteroatoms. The monoisotopic (exact) mass is 732 g/mol. The van der Waals surface area contributed by atoms with Gasteiger partial charge in [0, 0.05) is 17.7 Å². The summed E-state index contributed by atoms with van der Waals surface area (Å²) in [5.41, 5.74) is 7.28. The highest BCUT2D eigenvalue weighted by Crippen LogP contribution is 2.49. The van der Waals surface area contributed by atoms with Crippen LogP contribution in [0.25, 0.3) is 5.57 Å². The van der Waals surface area contributed by atoms with Crippen molar-refractivity contribution in [2.75, 3.05) is 4.90 Å². The van der Waals surface area contributed by atoms with E-state index < -0.39 is 33.4 Å². The maximum atomic E-state index is 14.4. The zero-order valence-electron chi connectivity index (χ0n) is 31.4. The number of allylic oxidation sites excluding steroid dienone is 2. The molecule has 0 radical (unpaired) electrons. The lowest BCUT2D eigenvalue weighted by atomic mass is 9.78. The standard InChI is InChI=1S/C42H48N2O6Si2/c1-42(2,3)52(7,8)50-39-25-18-22-34-37(24-14-9-10-17-28-51(4,5)6)43(41(45)49-32-20-12-11-13-21-32)38-29-33(26-27-35(38)40(34)39)48-30-31-19-15-16-23-36(31)44(46)47/h9-13,15-16,19-21,23,26-27,29,37,39H,18,22,25,30H2,1-8H3. The third kappa shape index (κ3) is 9.12. The molecule has 0 spiro atoms. The fourth-order valence-corrected chi connectivity index (χ4v) is 7.82. The fraction of sp³-hybridized carbons (Fsp3) is 0.357. The molecular weight excluding hydrogens is 685 g/mol. The first-order chi connectivity index (χ1) is 24.6. The number of ether oxygens (including phenoxy) is 2. The van der Waals surface area contributed by atoms with Crippen LogP contribution in [-0.2, 0) is 11.0 Å². The number of carbonyl (C=O) groups excluding carboxylic acids is 1. The Hall–Kier alpha value is -4.88. The predicted octanol–water partition coefficient (Wildman–Crippen LogP) is 10.3. The van der Waals surface area contributed by atoms with Crippen molar-refractivity contribution < 1.29 is 23.6 Å². The van der Waals surface area contributed by atoms with Crippen LogP contribution in [-0.4, -0.2) is 39.6 Å². The average molecular weight is 733 g/mol. The lowest BCUT2D eigenvalue weighted by Crippen LogP contribution is -2.49. The maximum absolute atomic E-state index is 14.4. The van der Waals surface area contributed by atoms with Crippen LogP contribution in [0.2, 0.25) is 37.8 Å². The molecule has 2 aliphatic rings. The number of nitro groups is 1. The van der Waals surface area contributed by atoms with E-state index in [-0.39, 0.29) is 23.4 Å². The Kier molecular flexibility index (Phi) is 11.6. The van der Waals surface area contributed by atoms with Gasteiger partial charge in [-0.25, -0.2) is 4.79 Å². The lowest BCUT2D eigenvalue weighted by Gasteiger charge is -2.45. The minimum absolute atomic E-state index is 0.00706. The molecule has 5 rings (SSSR count). The van der Waals surface area contributed by atoms with Crippen molar-refractivity contribution in [2.45, 2.75) is 96.6 Å². The summed E-state index contributed by atoms with van der Waals surface area (Å²) >= 11 is 0. The summed E-state index contributed by atoms with van der Waals surface area (Å²) in [6.07, 6.45) is 5.23. The van der Waals surface area contributed by atoms with Crippen molar-refractivity contribution >= 4 is 39.4 Å². The number of fused-ring (bicyclic) bond motifs is 2. The Balaban J connectivity index is 1.65. The highest BCUT2D eigenvalue weighted by molar-refractivity contribution is 6.83. The predicted molar refractivity (Wildman–Crippen MR) is 213 cm³/mol. The van der Waals surface area contributed by atoms with Gasteiger partial charge in [-0.3, -0.25) is 15.0 Å². The van der Waals surface area contributed by atoms with Crippen molar-refractivity contribution in [3.05, 3.63) is 112 Å². The van der Waals surface area contributed by atoms with Crippen molar-refractivity contribution in [3.8, 4) is 34.8 Å². The third-order valence-corrected chi connectivity index (χ3v) is 15.0. The Bertz CT molecular complexity index is 2000. The molecule has 0 saturated heterocycles. The fourth-order valence-electron chi connectivity index (χ4n) is 6.00. The molecule has 0 aromatic heterocycles. The van der Waals surface area contributed by atoms with E-state index in [0.29, 0.717) is 22.7 Å². The number of carbonyl (C=O) groups is 1. The van der Waals surface area contributed by atoms with Crippen LogP contribution < -0.4 is 14.4 Å². The van der Waals surface area contributed by atoms with E-state index in [0.717, 1.165) is 36.0 Å². The highest BCUT2D eigenvalue weighted by Gasteiger charge is 2.45. The van der Waals surface area contributed by atoms with E-state index in [1.165, 1.54) is 6.07 Å². The number of para-hydroxylation sites is 2. The molecule has 1 amide bonds. The van der Waals surface area contributed by atoms with Crippen LogP contribution in [0.4, 0.5) is 16.2 Å². The van der Waals surface area contributed by atoms with Gasteiger partial charge >= 0.3 is 6.09 Å². The molecule has 2 unspecified atom stereocenters. The first-order valence-corrected chi connectivity index (χ1v) is 24.1. The summed E-state index contributed by atoms with van der Waals surface area (Å²) in [7, 11) is -3.76. The Morgan fingerprint density at radius 1 is 0.962 bits per heavy atom. The van der Waals surface area contributed by atoms with Gasteiger partial charge < -0.3 is 13.9 Å². The molecule has 1 aliphatic carbocycles. The molecule has 3 aromatic rings. The van der Waals surface area contributed by atoms with Gasteiger partial charge in [-0.2, -0.15) is 0 Å². The van der Waals surface area contributed by atoms with Gasteiger partial charge in [0.1, 0.15) is 32.2 Å². The van der Waals surface area contributed by atoms with Gasteiger partial charge in [-0.1, -0.05) is 88.5 Å². The highest BCUT2D eigenvalue weighted by atomic mass is 28.4. The minimum Gasteiger partial charge on any atom is -0.489 e. The van der Waals surface area contributed by atoms with Crippen LogP contribution in [0.1, 0.15) is 51.2 Å². The number of nitrogens with zero attached hydrogens (tertiary/aromatic N) is 2. The normalized spacial score (nSPS) is 17.3. The summed E-state index contributed by atoms with van der Waals surface area (Å²) in [6, 6.07) is 20.5. The van der Waals surface area contributed by atoms with Gasteiger partial charge in [-0.15, -0.1) is 5.54 Å². The largest absolute Gasteiger partial charge is 0.489 e. The topological polar surface area (TPSA) is 91.1 Å². The molecule has 1 heterocycles. The van der Waals surface area contributed by atoms with Crippen LogP contribution in [0, 0.1) is 33.4 Å². The number of hydrogen-bond donors (Lipinski definition) is 0. The van der Waals surface area contributed by atoms with Gasteiger partial charge in [0.25, 0.3) is 5.69 Å². The quantitative estimate of drug-likeness (QED) is 0.104. The molecule has 270 valence electrons. The number of rotatable bonds is 7. The summed E-state index contributed by atoms with van der Waals surface area (Å²) in [4.78, 5) is 27.2. The van der Waals surface area contributed by atoms with Crippen LogP contribution in [0.3, 0.4) is 0 Å². The zero-order valence-corrected chi connectivity index (χ0v) is 33.4. The van der Waals surface area contributed by atoms with Crippen molar-refractivity contribution in [2.24, 2.45) is 0 Å². The Labute approximate surface area is 310 Å². The van der Waals surface area contributed by atoms with E-state index in [9.17, 15) is 14.9 Å². The van der Waals surface area contributed by atoms with Crippen molar-refractivity contribution in [3.63, 3.8) is 0 Å². The van der Waals surface area contributed by atoms with Crippen LogP contribution in [0.5, 0.6) is 11.5 Å². The second-order valence-corrected chi connectivity index (χ2v) is 25.2. The maximum Gasteiger partial charge on any atom is 0.421 e. The number of nitro benzene ring substituents is 1. The number of anilines is 1. The molecule has 0 saturated carbocycles. The van der Waals surface area contributed by atoms with E-state index >= 15 is 0 Å². The number of hydrogen-bond acceptors (Lipinski definition) is 6. The number of benzene rings is 3. The van der Waals surface area contributed by atoms with Crippen LogP contribution >= 0.6 is 0 Å². The van der Waals surface area contributed by atoms with Crippen LogP contribution in [0.15, 0.2) is 90.5 Å². The summed E-state index contributed by atoms with van der Waals surface area (Å²) in [5, 5.41) is 11.7. The summed E-state index contributed by atoms with van der Waals surface area (Å²) < 4.78 is 19.3. The average Bonchev–Trinajstić information content (AvgIpc) is 3.08.